The van der Waals surface area contributed by atoms with Crippen LogP contribution in [0.4, 0.5) is 5.69 Å². The molecule has 0 amide bonds. The predicted octanol–water partition coefficient (Wildman–Crippen LogP) is 3.52. The summed E-state index contributed by atoms with van der Waals surface area (Å²) in [6.07, 6.45) is 5.69. The van der Waals surface area contributed by atoms with Crippen LogP contribution in [0.2, 0.25) is 0 Å². The first-order valence-electron chi connectivity index (χ1n) is 6.90. The van der Waals surface area contributed by atoms with Crippen molar-refractivity contribution in [1.29, 1.82) is 0 Å². The third-order valence-corrected chi connectivity index (χ3v) is 3.93. The molecule has 1 aliphatic heterocycles. The number of piperidine rings is 1. The number of hydrogen-bond acceptors (Lipinski definition) is 2. The summed E-state index contributed by atoms with van der Waals surface area (Å²) < 4.78 is 0. The van der Waals surface area contributed by atoms with Gasteiger partial charge in [-0.25, -0.2) is 0 Å². The summed E-state index contributed by atoms with van der Waals surface area (Å²) in [5.41, 5.74) is 2.57. The molecule has 1 aromatic rings. The number of aryl methyl sites for hydroxylation is 1. The van der Waals surface area contributed by atoms with Crippen LogP contribution < -0.4 is 4.90 Å². The highest BCUT2D eigenvalue weighted by molar-refractivity contribution is 5.47. The molecule has 1 atom stereocenters. The van der Waals surface area contributed by atoms with E-state index in [1.54, 1.807) is 0 Å². The minimum atomic E-state index is 0.797. The number of aromatic nitrogens is 1. The summed E-state index contributed by atoms with van der Waals surface area (Å²) in [7, 11) is 0. The van der Waals surface area contributed by atoms with Gasteiger partial charge >= 0.3 is 0 Å². The second-order valence-corrected chi connectivity index (χ2v) is 5.45. The molecule has 1 unspecified atom stereocenters. The maximum Gasteiger partial charge on any atom is 0.0421 e. The molecular weight excluding hydrogens is 208 g/mol. The van der Waals surface area contributed by atoms with Crippen LogP contribution in [0.15, 0.2) is 18.3 Å². The van der Waals surface area contributed by atoms with Gasteiger partial charge in [0.15, 0.2) is 0 Å². The Hall–Kier alpha value is -1.05. The zero-order chi connectivity index (χ0) is 12.3. The molecule has 1 aliphatic rings. The number of hydrogen-bond donors (Lipinski definition) is 0. The van der Waals surface area contributed by atoms with Crippen LogP contribution >= 0.6 is 0 Å². The highest BCUT2D eigenvalue weighted by Gasteiger charge is 2.22. The van der Waals surface area contributed by atoms with E-state index in [2.05, 4.69) is 42.8 Å². The Morgan fingerprint density at radius 1 is 1.47 bits per heavy atom. The Labute approximate surface area is 105 Å². The van der Waals surface area contributed by atoms with Gasteiger partial charge in [0.05, 0.1) is 0 Å². The molecule has 2 heterocycles. The van der Waals surface area contributed by atoms with Gasteiger partial charge in [-0.2, -0.15) is 0 Å². The van der Waals surface area contributed by atoms with Gasteiger partial charge in [-0.1, -0.05) is 20.8 Å². The Kier molecular flexibility index (Phi) is 4.03. The van der Waals surface area contributed by atoms with Crippen molar-refractivity contribution in [3.63, 3.8) is 0 Å². The van der Waals surface area contributed by atoms with Crippen LogP contribution in [0.1, 0.15) is 39.3 Å². The summed E-state index contributed by atoms with van der Waals surface area (Å²) in [6.45, 7) is 9.27. The lowest BCUT2D eigenvalue weighted by Crippen LogP contribution is -2.37. The van der Waals surface area contributed by atoms with Gasteiger partial charge in [0.1, 0.15) is 0 Å². The molecule has 0 aliphatic carbocycles. The molecule has 2 heteroatoms. The molecule has 0 radical (unpaired) electrons. The molecule has 0 saturated carbocycles. The van der Waals surface area contributed by atoms with E-state index < -0.39 is 0 Å². The average molecular weight is 232 g/mol. The zero-order valence-corrected chi connectivity index (χ0v) is 11.3. The lowest BCUT2D eigenvalue weighted by Gasteiger charge is -2.36. The van der Waals surface area contributed by atoms with Gasteiger partial charge < -0.3 is 4.90 Å². The first kappa shape index (κ1) is 12.4. The van der Waals surface area contributed by atoms with Gasteiger partial charge in [0.2, 0.25) is 0 Å². The van der Waals surface area contributed by atoms with Crippen molar-refractivity contribution in [3.05, 3.63) is 24.0 Å². The maximum absolute atomic E-state index is 4.38. The fourth-order valence-corrected chi connectivity index (χ4v) is 2.64. The number of pyridine rings is 1. The number of nitrogens with zero attached hydrogens (tertiary/aromatic N) is 2. The van der Waals surface area contributed by atoms with E-state index in [1.807, 2.05) is 6.20 Å². The number of rotatable bonds is 3. The molecule has 0 bridgehead atoms. The minimum Gasteiger partial charge on any atom is -0.371 e. The fraction of sp³-hybridized carbons (Fsp3) is 0.667. The SMILES string of the molecule is CCc1cc(N2CCCC(C(C)C)C2)ccn1. The summed E-state index contributed by atoms with van der Waals surface area (Å²) in [5.74, 6) is 1.65. The quantitative estimate of drug-likeness (QED) is 0.792. The van der Waals surface area contributed by atoms with E-state index in [1.165, 1.54) is 37.3 Å². The monoisotopic (exact) mass is 232 g/mol. The van der Waals surface area contributed by atoms with E-state index in [4.69, 9.17) is 0 Å². The molecule has 2 nitrogen and oxygen atoms in total. The summed E-state index contributed by atoms with van der Waals surface area (Å²) >= 11 is 0. The average Bonchev–Trinajstić information content (AvgIpc) is 2.39. The lowest BCUT2D eigenvalue weighted by atomic mass is 9.88. The zero-order valence-electron chi connectivity index (χ0n) is 11.3. The van der Waals surface area contributed by atoms with Crippen LogP contribution in [0.5, 0.6) is 0 Å². The van der Waals surface area contributed by atoms with Crippen LogP contribution in [-0.4, -0.2) is 18.1 Å². The van der Waals surface area contributed by atoms with Crippen molar-refractivity contribution in [2.75, 3.05) is 18.0 Å². The number of anilines is 1. The molecule has 17 heavy (non-hydrogen) atoms. The molecule has 94 valence electrons. The maximum atomic E-state index is 4.38. The van der Waals surface area contributed by atoms with Gasteiger partial charge in [-0.3, -0.25) is 4.98 Å². The van der Waals surface area contributed by atoms with Crippen molar-refractivity contribution in [3.8, 4) is 0 Å². The highest BCUT2D eigenvalue weighted by Crippen LogP contribution is 2.27. The Morgan fingerprint density at radius 2 is 2.29 bits per heavy atom. The van der Waals surface area contributed by atoms with Crippen LogP contribution in [0.3, 0.4) is 0 Å². The van der Waals surface area contributed by atoms with E-state index >= 15 is 0 Å². The molecule has 0 aromatic carbocycles. The van der Waals surface area contributed by atoms with Gasteiger partial charge in [0, 0.05) is 30.7 Å². The largest absolute Gasteiger partial charge is 0.371 e. The highest BCUT2D eigenvalue weighted by atomic mass is 15.1. The Morgan fingerprint density at radius 3 is 3.00 bits per heavy atom. The van der Waals surface area contributed by atoms with E-state index in [0.717, 1.165) is 18.3 Å². The minimum absolute atomic E-state index is 0.797. The van der Waals surface area contributed by atoms with E-state index in [0.29, 0.717) is 0 Å². The summed E-state index contributed by atoms with van der Waals surface area (Å²) in [5, 5.41) is 0. The Bertz CT molecular complexity index is 360. The first-order chi connectivity index (χ1) is 8.20. The van der Waals surface area contributed by atoms with Gasteiger partial charge in [0.25, 0.3) is 0 Å². The lowest BCUT2D eigenvalue weighted by molar-refractivity contribution is 0.322. The smallest absolute Gasteiger partial charge is 0.0421 e. The third-order valence-electron chi connectivity index (χ3n) is 3.93. The second kappa shape index (κ2) is 5.52. The summed E-state index contributed by atoms with van der Waals surface area (Å²) in [4.78, 5) is 6.92. The predicted molar refractivity (Wildman–Crippen MR) is 73.4 cm³/mol. The topological polar surface area (TPSA) is 16.1 Å². The Balaban J connectivity index is 2.10. The fourth-order valence-electron chi connectivity index (χ4n) is 2.64. The van der Waals surface area contributed by atoms with Gasteiger partial charge in [-0.15, -0.1) is 0 Å². The molecule has 1 fully saturated rings. The molecule has 1 aromatic heterocycles. The van der Waals surface area contributed by atoms with E-state index in [-0.39, 0.29) is 0 Å². The molecule has 2 rings (SSSR count). The standard InChI is InChI=1S/C15H24N2/c1-4-14-10-15(7-8-16-14)17-9-5-6-13(11-17)12(2)3/h7-8,10,12-13H,4-6,9,11H2,1-3H3. The van der Waals surface area contributed by atoms with Crippen LogP contribution in [-0.2, 0) is 6.42 Å². The van der Waals surface area contributed by atoms with Crippen LogP contribution in [0.25, 0.3) is 0 Å². The normalized spacial score (nSPS) is 20.9. The van der Waals surface area contributed by atoms with Crippen molar-refractivity contribution >= 4 is 5.69 Å². The first-order valence-corrected chi connectivity index (χ1v) is 6.90. The van der Waals surface area contributed by atoms with Crippen LogP contribution in [0, 0.1) is 11.8 Å². The van der Waals surface area contributed by atoms with Crippen molar-refractivity contribution in [1.82, 2.24) is 4.98 Å². The third kappa shape index (κ3) is 2.99. The van der Waals surface area contributed by atoms with E-state index in [9.17, 15) is 0 Å². The van der Waals surface area contributed by atoms with Crippen molar-refractivity contribution < 1.29 is 0 Å². The molecular formula is C15H24N2. The molecule has 0 spiro atoms. The second-order valence-electron chi connectivity index (χ2n) is 5.45. The molecule has 0 N–H and O–H groups in total. The molecule has 1 saturated heterocycles. The van der Waals surface area contributed by atoms with Crippen molar-refractivity contribution in [2.24, 2.45) is 11.8 Å². The summed E-state index contributed by atoms with van der Waals surface area (Å²) in [6, 6.07) is 4.41. The van der Waals surface area contributed by atoms with Gasteiger partial charge in [-0.05, 0) is 43.2 Å². The van der Waals surface area contributed by atoms with Crippen molar-refractivity contribution in [2.45, 2.75) is 40.0 Å².